The number of nitrogens with one attached hydrogen (secondary N) is 1. The Labute approximate surface area is 102 Å². The van der Waals surface area contributed by atoms with Gasteiger partial charge in [-0.25, -0.2) is 8.78 Å². The first-order valence-electron chi connectivity index (χ1n) is 5.72. The SMILES string of the molecule is NC1CCN(CC(=O)NCC(F)(F)C(F)F)CC1. The quantitative estimate of drug-likeness (QED) is 0.713. The number of carbonyl (C=O) groups is 1. The Morgan fingerprint density at radius 1 is 1.39 bits per heavy atom. The molecule has 1 aliphatic rings. The predicted octanol–water partition coefficient (Wildman–Crippen LogP) is 0.426. The molecule has 3 N–H and O–H groups in total. The average molecular weight is 271 g/mol. The fourth-order valence-electron chi connectivity index (χ4n) is 1.66. The average Bonchev–Trinajstić information content (AvgIpc) is 2.29. The highest BCUT2D eigenvalue weighted by atomic mass is 19.3. The van der Waals surface area contributed by atoms with Crippen LogP contribution in [0.4, 0.5) is 17.6 Å². The Balaban J connectivity index is 2.26. The molecule has 4 nitrogen and oxygen atoms in total. The second-order valence-corrected chi connectivity index (χ2v) is 4.45. The predicted molar refractivity (Wildman–Crippen MR) is 57.6 cm³/mol. The lowest BCUT2D eigenvalue weighted by atomic mass is 10.1. The minimum atomic E-state index is -4.18. The van der Waals surface area contributed by atoms with Crippen molar-refractivity contribution in [1.82, 2.24) is 10.2 Å². The molecule has 1 fully saturated rings. The van der Waals surface area contributed by atoms with Gasteiger partial charge in [0, 0.05) is 19.1 Å². The van der Waals surface area contributed by atoms with Crippen LogP contribution in [0.1, 0.15) is 12.8 Å². The van der Waals surface area contributed by atoms with E-state index in [4.69, 9.17) is 5.73 Å². The molecule has 0 saturated carbocycles. The number of alkyl halides is 4. The lowest BCUT2D eigenvalue weighted by Gasteiger charge is -2.29. The molecule has 106 valence electrons. The zero-order valence-corrected chi connectivity index (χ0v) is 9.84. The molecule has 0 atom stereocenters. The van der Waals surface area contributed by atoms with E-state index in [1.807, 2.05) is 5.32 Å². The molecule has 1 heterocycles. The number of rotatable bonds is 5. The third-order valence-electron chi connectivity index (χ3n) is 2.84. The molecular weight excluding hydrogens is 254 g/mol. The maximum Gasteiger partial charge on any atom is 0.324 e. The van der Waals surface area contributed by atoms with E-state index in [9.17, 15) is 22.4 Å². The van der Waals surface area contributed by atoms with Crippen LogP contribution in [0.2, 0.25) is 0 Å². The largest absolute Gasteiger partial charge is 0.349 e. The van der Waals surface area contributed by atoms with Crippen LogP contribution in [0.15, 0.2) is 0 Å². The summed E-state index contributed by atoms with van der Waals surface area (Å²) in [5.74, 6) is -4.86. The van der Waals surface area contributed by atoms with Crippen LogP contribution >= 0.6 is 0 Å². The van der Waals surface area contributed by atoms with Crippen LogP contribution in [0.5, 0.6) is 0 Å². The summed E-state index contributed by atoms with van der Waals surface area (Å²) in [4.78, 5) is 13.1. The van der Waals surface area contributed by atoms with E-state index in [1.165, 1.54) is 0 Å². The number of nitrogens with zero attached hydrogens (tertiary/aromatic N) is 1. The van der Waals surface area contributed by atoms with Gasteiger partial charge in [0.05, 0.1) is 13.1 Å². The van der Waals surface area contributed by atoms with E-state index < -0.39 is 24.8 Å². The molecule has 1 aliphatic heterocycles. The molecule has 0 aromatic carbocycles. The summed E-state index contributed by atoms with van der Waals surface area (Å²) < 4.78 is 48.8. The van der Waals surface area contributed by atoms with Crippen molar-refractivity contribution < 1.29 is 22.4 Å². The van der Waals surface area contributed by atoms with Gasteiger partial charge >= 0.3 is 12.3 Å². The van der Waals surface area contributed by atoms with Crippen LogP contribution in [0, 0.1) is 0 Å². The van der Waals surface area contributed by atoms with Crippen LogP contribution in [-0.4, -0.2) is 55.4 Å². The summed E-state index contributed by atoms with van der Waals surface area (Å²) in [5, 5.41) is 1.82. The second kappa shape index (κ2) is 6.33. The summed E-state index contributed by atoms with van der Waals surface area (Å²) in [6, 6.07) is 0.104. The molecule has 1 saturated heterocycles. The number of hydrogen-bond acceptors (Lipinski definition) is 3. The molecule has 18 heavy (non-hydrogen) atoms. The van der Waals surface area contributed by atoms with Crippen molar-refractivity contribution in [3.8, 4) is 0 Å². The Morgan fingerprint density at radius 2 is 1.94 bits per heavy atom. The van der Waals surface area contributed by atoms with Crippen molar-refractivity contribution in [3.05, 3.63) is 0 Å². The Morgan fingerprint density at radius 3 is 2.44 bits per heavy atom. The Hall–Kier alpha value is -0.890. The molecule has 8 heteroatoms. The van der Waals surface area contributed by atoms with Gasteiger partial charge in [-0.15, -0.1) is 0 Å². The standard InChI is InChI=1S/C10H17F4N3O/c11-9(12)10(13,14)6-16-8(18)5-17-3-1-7(15)2-4-17/h7,9H,1-6,15H2,(H,16,18). The maximum absolute atomic E-state index is 12.5. The third kappa shape index (κ3) is 4.77. The van der Waals surface area contributed by atoms with E-state index in [-0.39, 0.29) is 12.6 Å². The lowest BCUT2D eigenvalue weighted by Crippen LogP contribution is -2.47. The van der Waals surface area contributed by atoms with Crippen molar-refractivity contribution in [2.75, 3.05) is 26.2 Å². The minimum Gasteiger partial charge on any atom is -0.349 e. The van der Waals surface area contributed by atoms with Crippen molar-refractivity contribution in [1.29, 1.82) is 0 Å². The normalized spacial score (nSPS) is 19.2. The van der Waals surface area contributed by atoms with Crippen molar-refractivity contribution in [2.24, 2.45) is 5.73 Å². The highest BCUT2D eigenvalue weighted by molar-refractivity contribution is 5.78. The van der Waals surface area contributed by atoms with Gasteiger partial charge in [-0.2, -0.15) is 8.78 Å². The monoisotopic (exact) mass is 271 g/mol. The topological polar surface area (TPSA) is 58.4 Å². The number of carbonyl (C=O) groups excluding carboxylic acids is 1. The molecule has 0 aromatic rings. The summed E-state index contributed by atoms with van der Waals surface area (Å²) >= 11 is 0. The number of halogens is 4. The van der Waals surface area contributed by atoms with Crippen LogP contribution in [-0.2, 0) is 4.79 Å². The van der Waals surface area contributed by atoms with Crippen LogP contribution in [0.25, 0.3) is 0 Å². The van der Waals surface area contributed by atoms with Gasteiger partial charge in [-0.1, -0.05) is 0 Å². The molecule has 1 rings (SSSR count). The molecule has 0 radical (unpaired) electrons. The lowest BCUT2D eigenvalue weighted by molar-refractivity contribution is -0.137. The first kappa shape index (κ1) is 15.2. The summed E-state index contributed by atoms with van der Waals surface area (Å²) in [6.07, 6.45) is -2.30. The van der Waals surface area contributed by atoms with E-state index in [0.29, 0.717) is 13.1 Å². The Bertz CT molecular complexity index is 280. The van der Waals surface area contributed by atoms with E-state index in [1.54, 1.807) is 4.90 Å². The van der Waals surface area contributed by atoms with Crippen molar-refractivity contribution in [2.45, 2.75) is 31.2 Å². The van der Waals surface area contributed by atoms with Crippen molar-refractivity contribution in [3.63, 3.8) is 0 Å². The minimum absolute atomic E-state index is 0.0635. The van der Waals surface area contributed by atoms with Gasteiger partial charge in [0.1, 0.15) is 0 Å². The maximum atomic E-state index is 12.5. The zero-order valence-electron chi connectivity index (χ0n) is 9.84. The zero-order chi connectivity index (χ0) is 13.8. The molecule has 1 amide bonds. The second-order valence-electron chi connectivity index (χ2n) is 4.45. The van der Waals surface area contributed by atoms with E-state index >= 15 is 0 Å². The summed E-state index contributed by atoms with van der Waals surface area (Å²) in [5.41, 5.74) is 5.67. The highest BCUT2D eigenvalue weighted by Gasteiger charge is 2.40. The van der Waals surface area contributed by atoms with Crippen molar-refractivity contribution >= 4 is 5.91 Å². The van der Waals surface area contributed by atoms with E-state index in [0.717, 1.165) is 12.8 Å². The number of nitrogens with two attached hydrogens (primary N) is 1. The van der Waals surface area contributed by atoms with Gasteiger partial charge in [-0.3, -0.25) is 9.69 Å². The van der Waals surface area contributed by atoms with Crippen LogP contribution in [0.3, 0.4) is 0 Å². The number of amides is 1. The van der Waals surface area contributed by atoms with Crippen LogP contribution < -0.4 is 11.1 Å². The molecule has 0 aromatic heterocycles. The van der Waals surface area contributed by atoms with Gasteiger partial charge in [0.15, 0.2) is 0 Å². The first-order valence-corrected chi connectivity index (χ1v) is 5.72. The summed E-state index contributed by atoms with van der Waals surface area (Å²) in [7, 11) is 0. The fourth-order valence-corrected chi connectivity index (χ4v) is 1.66. The molecular formula is C10H17F4N3O. The number of hydrogen-bond donors (Lipinski definition) is 2. The van der Waals surface area contributed by atoms with E-state index in [2.05, 4.69) is 0 Å². The summed E-state index contributed by atoms with van der Waals surface area (Å²) in [6.45, 7) is -0.178. The first-order chi connectivity index (χ1) is 8.31. The van der Waals surface area contributed by atoms with Gasteiger partial charge < -0.3 is 11.1 Å². The molecule has 0 spiro atoms. The number of piperidine rings is 1. The van der Waals surface area contributed by atoms with Gasteiger partial charge in [0.2, 0.25) is 5.91 Å². The smallest absolute Gasteiger partial charge is 0.324 e. The highest BCUT2D eigenvalue weighted by Crippen LogP contribution is 2.21. The third-order valence-corrected chi connectivity index (χ3v) is 2.84. The Kier molecular flexibility index (Phi) is 5.33. The molecule has 0 unspecified atom stereocenters. The van der Waals surface area contributed by atoms with Gasteiger partial charge in [0.25, 0.3) is 0 Å². The number of likely N-dealkylation sites (tertiary alicyclic amines) is 1. The molecule has 0 aliphatic carbocycles. The molecule has 0 bridgehead atoms. The fraction of sp³-hybridized carbons (Fsp3) is 0.900. The van der Waals surface area contributed by atoms with Gasteiger partial charge in [-0.05, 0) is 12.8 Å².